The molecule has 0 bridgehead atoms. The number of hydrogen-bond acceptors (Lipinski definition) is 18. The SMILES string of the molecule is CCCCN1C(C(=O)Nc2c(C)cccc2C)CCCC1c1ccc(OC(=O)CC/C(=C/NCCOCCOCC(C)(C)COCCOCCN/C=C(/CCC(=O)Oc2ccc(C3CCCC(C(=O)Nc4c(C)cccc4C)N3CCCC)cc2)N=N)N=N)cc1. The number of hydrogen-bond donors (Lipinski definition) is 6. The lowest BCUT2D eigenvalue weighted by molar-refractivity contribution is -0.135. The van der Waals surface area contributed by atoms with Crippen molar-refractivity contribution in [2.45, 2.75) is 169 Å². The third-order valence-electron chi connectivity index (χ3n) is 16.6. The minimum Gasteiger partial charge on any atom is -0.427 e. The van der Waals surface area contributed by atoms with Crippen molar-refractivity contribution in [3.63, 3.8) is 0 Å². The molecule has 4 aromatic rings. The van der Waals surface area contributed by atoms with Crippen molar-refractivity contribution in [1.29, 1.82) is 11.1 Å². The van der Waals surface area contributed by atoms with Crippen LogP contribution < -0.4 is 30.7 Å². The number of rotatable bonds is 40. The highest BCUT2D eigenvalue weighted by atomic mass is 16.5. The predicted octanol–water partition coefficient (Wildman–Crippen LogP) is 13.7. The summed E-state index contributed by atoms with van der Waals surface area (Å²) in [6, 6.07) is 27.0. The Labute approximate surface area is 540 Å². The predicted molar refractivity (Wildman–Crippen MR) is 355 cm³/mol. The molecule has 2 aliphatic rings. The summed E-state index contributed by atoms with van der Waals surface area (Å²) in [5.74, 6) is 0.110. The summed E-state index contributed by atoms with van der Waals surface area (Å²) in [7, 11) is 0. The summed E-state index contributed by atoms with van der Waals surface area (Å²) in [6.45, 7) is 22.6. The summed E-state index contributed by atoms with van der Waals surface area (Å²) in [5.41, 5.74) is 24.0. The van der Waals surface area contributed by atoms with Gasteiger partial charge in [-0.15, -0.1) is 0 Å². The van der Waals surface area contributed by atoms with Gasteiger partial charge in [-0.2, -0.15) is 10.2 Å². The summed E-state index contributed by atoms with van der Waals surface area (Å²) in [4.78, 5) is 58.0. The summed E-state index contributed by atoms with van der Waals surface area (Å²) in [5, 5.41) is 19.9. The van der Waals surface area contributed by atoms with Gasteiger partial charge in [0.2, 0.25) is 11.8 Å². The monoisotopic (exact) mass is 1250 g/mol. The Bertz CT molecular complexity index is 2750. The van der Waals surface area contributed by atoms with Gasteiger partial charge in [-0.3, -0.25) is 29.0 Å². The molecular formula is C71H102N10O10. The molecule has 0 aromatic heterocycles. The second-order valence-corrected chi connectivity index (χ2v) is 24.6. The first-order chi connectivity index (χ1) is 44.0. The topological polar surface area (TPSA) is 251 Å². The molecule has 20 nitrogen and oxygen atoms in total. The van der Waals surface area contributed by atoms with E-state index in [0.29, 0.717) is 88.8 Å². The molecule has 2 saturated heterocycles. The fourth-order valence-corrected chi connectivity index (χ4v) is 11.6. The Hall–Kier alpha value is -7.20. The van der Waals surface area contributed by atoms with Gasteiger partial charge in [0.05, 0.1) is 89.2 Å². The number of para-hydroxylation sites is 2. The molecule has 6 N–H and O–H groups in total. The van der Waals surface area contributed by atoms with E-state index in [1.165, 1.54) is 0 Å². The molecule has 2 amide bonds. The maximum absolute atomic E-state index is 13.8. The van der Waals surface area contributed by atoms with Gasteiger partial charge in [0, 0.05) is 67.2 Å². The lowest BCUT2D eigenvalue weighted by atomic mass is 9.89. The van der Waals surface area contributed by atoms with Crippen molar-refractivity contribution in [2.75, 3.05) is 89.7 Å². The molecule has 6 rings (SSSR count). The van der Waals surface area contributed by atoms with E-state index in [0.717, 1.165) is 122 Å². The number of carbonyl (C=O) groups excluding carboxylic acids is 4. The van der Waals surface area contributed by atoms with E-state index in [-0.39, 0.29) is 67.1 Å². The van der Waals surface area contributed by atoms with Crippen LogP contribution in [0.4, 0.5) is 11.4 Å². The molecule has 496 valence electrons. The maximum Gasteiger partial charge on any atom is 0.311 e. The van der Waals surface area contributed by atoms with E-state index in [1.54, 1.807) is 12.4 Å². The number of piperidine rings is 2. The maximum atomic E-state index is 13.8. The fourth-order valence-electron chi connectivity index (χ4n) is 11.6. The number of likely N-dealkylation sites (tertiary alicyclic amines) is 2. The second kappa shape index (κ2) is 39.3. The molecule has 0 aliphatic carbocycles. The Morgan fingerprint density at radius 1 is 0.527 bits per heavy atom. The van der Waals surface area contributed by atoms with Crippen molar-refractivity contribution >= 4 is 35.1 Å². The van der Waals surface area contributed by atoms with Crippen molar-refractivity contribution in [2.24, 2.45) is 15.6 Å². The van der Waals surface area contributed by atoms with Crippen molar-refractivity contribution < 1.29 is 47.6 Å². The zero-order valence-corrected chi connectivity index (χ0v) is 55.3. The number of nitrogens with one attached hydrogen (secondary N) is 6. The van der Waals surface area contributed by atoms with Crippen LogP contribution in [0, 0.1) is 44.2 Å². The normalized spacial score (nSPS) is 17.5. The first-order valence-electron chi connectivity index (χ1n) is 32.8. The Kier molecular flexibility index (Phi) is 31.4. The van der Waals surface area contributed by atoms with E-state index >= 15 is 0 Å². The molecule has 0 spiro atoms. The van der Waals surface area contributed by atoms with Gasteiger partial charge in [0.1, 0.15) is 11.5 Å². The van der Waals surface area contributed by atoms with Crippen molar-refractivity contribution in [3.8, 4) is 11.5 Å². The molecular weight excluding hydrogens is 1150 g/mol. The van der Waals surface area contributed by atoms with Gasteiger partial charge in [0.15, 0.2) is 0 Å². The average Bonchev–Trinajstić information content (AvgIpc) is 1.95. The molecule has 2 fully saturated rings. The van der Waals surface area contributed by atoms with E-state index in [2.05, 4.69) is 69.0 Å². The summed E-state index contributed by atoms with van der Waals surface area (Å²) in [6.07, 6.45) is 13.2. The van der Waals surface area contributed by atoms with Crippen LogP contribution in [0.15, 0.2) is 119 Å². The number of aryl methyl sites for hydroxylation is 4. The van der Waals surface area contributed by atoms with Gasteiger partial charge < -0.3 is 49.7 Å². The quantitative estimate of drug-likeness (QED) is 0.0105. The van der Waals surface area contributed by atoms with Crippen molar-refractivity contribution in [1.82, 2.24) is 20.4 Å². The summed E-state index contributed by atoms with van der Waals surface area (Å²) < 4.78 is 34.5. The number of benzene rings is 4. The van der Waals surface area contributed by atoms with E-state index in [9.17, 15) is 19.2 Å². The molecule has 0 saturated carbocycles. The molecule has 4 atom stereocenters. The second-order valence-electron chi connectivity index (χ2n) is 24.6. The highest BCUT2D eigenvalue weighted by molar-refractivity contribution is 5.97. The molecule has 4 aromatic carbocycles. The van der Waals surface area contributed by atoms with Crippen LogP contribution in [-0.2, 0) is 38.1 Å². The van der Waals surface area contributed by atoms with Crippen LogP contribution in [-0.4, -0.2) is 125 Å². The minimum absolute atomic E-state index is 0.0309. The van der Waals surface area contributed by atoms with E-state index < -0.39 is 11.9 Å². The highest BCUT2D eigenvalue weighted by Gasteiger charge is 2.37. The average molecular weight is 1260 g/mol. The van der Waals surface area contributed by atoms with Crippen LogP contribution in [0.3, 0.4) is 0 Å². The number of nitrogens with zero attached hydrogens (tertiary/aromatic N) is 4. The van der Waals surface area contributed by atoms with Gasteiger partial charge in [-0.05, 0) is 150 Å². The molecule has 4 unspecified atom stereocenters. The number of ether oxygens (including phenoxy) is 6. The van der Waals surface area contributed by atoms with Crippen LogP contribution in [0.1, 0.15) is 163 Å². The van der Waals surface area contributed by atoms with Crippen LogP contribution in [0.2, 0.25) is 0 Å². The number of allylic oxidation sites excluding steroid dienone is 2. The van der Waals surface area contributed by atoms with Crippen LogP contribution in [0.5, 0.6) is 11.5 Å². The lowest BCUT2D eigenvalue weighted by Crippen LogP contribution is -2.49. The third-order valence-corrected chi connectivity index (χ3v) is 16.6. The smallest absolute Gasteiger partial charge is 0.311 e. The number of carbonyl (C=O) groups is 4. The highest BCUT2D eigenvalue weighted by Crippen LogP contribution is 2.38. The Morgan fingerprint density at radius 3 is 1.26 bits per heavy atom. The molecule has 20 heteroatoms. The largest absolute Gasteiger partial charge is 0.427 e. The Morgan fingerprint density at radius 2 is 0.901 bits per heavy atom. The van der Waals surface area contributed by atoms with Gasteiger partial charge >= 0.3 is 11.9 Å². The van der Waals surface area contributed by atoms with Crippen molar-refractivity contribution in [3.05, 3.63) is 142 Å². The zero-order valence-electron chi connectivity index (χ0n) is 55.3. The number of amides is 2. The van der Waals surface area contributed by atoms with Gasteiger partial charge in [0.25, 0.3) is 0 Å². The Balaban J connectivity index is 0.769. The first kappa shape index (κ1) is 72.9. The minimum atomic E-state index is -0.420. The fraction of sp³-hybridized carbons (Fsp3) is 0.549. The zero-order chi connectivity index (χ0) is 65.4. The molecule has 2 aliphatic heterocycles. The molecule has 91 heavy (non-hydrogen) atoms. The van der Waals surface area contributed by atoms with Crippen LogP contribution >= 0.6 is 0 Å². The standard InChI is InChI=1S/C71H102N10O10/c1-9-11-39-80-61(21-15-23-63(80)69(84)76-67-51(3)17-13-18-52(67)4)55-25-31-59(32-26-55)90-65(82)35-29-57(78-72)47-74-37-41-86-43-45-88-49-71(7,8)50-89-46-44-87-42-38-75-48-58(79-73)30-36-66(83)91-60-33-27-56(28-34-60)62-22-16-24-64(81(62)40-12-10-2)70(85)77-68-53(5)19-14-20-54(68)6/h13-14,17-20,25-28,31-34,47-48,61-64,72-75H,9-12,15-16,21-24,29-30,35-46,49-50H2,1-8H3,(H,76,84)(H,77,85)/b57-47-,58-48-,78-72?,79-73?. The lowest BCUT2D eigenvalue weighted by Gasteiger charge is -2.42. The van der Waals surface area contributed by atoms with E-state index in [1.807, 2.05) is 113 Å². The third kappa shape index (κ3) is 24.4. The molecule has 0 radical (unpaired) electrons. The van der Waals surface area contributed by atoms with Gasteiger partial charge in [-0.25, -0.2) is 11.1 Å². The molecule has 2 heterocycles. The number of anilines is 2. The summed E-state index contributed by atoms with van der Waals surface area (Å²) >= 11 is 0. The van der Waals surface area contributed by atoms with E-state index in [4.69, 9.17) is 39.5 Å². The number of unbranched alkanes of at least 4 members (excludes halogenated alkanes) is 2. The van der Waals surface area contributed by atoms with Gasteiger partial charge in [-0.1, -0.05) is 101 Å². The number of esters is 2. The first-order valence-corrected chi connectivity index (χ1v) is 32.8. The van der Waals surface area contributed by atoms with Crippen LogP contribution in [0.25, 0.3) is 0 Å².